The Labute approximate surface area is 181 Å². The molecule has 1 amide bonds. The lowest BCUT2D eigenvalue weighted by Crippen LogP contribution is -2.42. The zero-order chi connectivity index (χ0) is 22.2. The molecule has 0 spiro atoms. The Bertz CT molecular complexity index is 1470. The lowest BCUT2D eigenvalue weighted by molar-refractivity contribution is -0.116. The number of hydrogen-bond donors (Lipinski definition) is 2. The first-order chi connectivity index (χ1) is 15.5. The fourth-order valence-corrected chi connectivity index (χ4v) is 3.69. The summed E-state index contributed by atoms with van der Waals surface area (Å²) in [7, 11) is 0. The molecule has 32 heavy (non-hydrogen) atoms. The highest BCUT2D eigenvalue weighted by Crippen LogP contribution is 2.32. The average Bonchev–Trinajstić information content (AvgIpc) is 3.42. The van der Waals surface area contributed by atoms with Gasteiger partial charge in [-0.3, -0.25) is 23.8 Å². The van der Waals surface area contributed by atoms with E-state index < -0.39 is 17.2 Å². The Balaban J connectivity index is 1.54. The first-order valence-electron chi connectivity index (χ1n) is 9.92. The van der Waals surface area contributed by atoms with Gasteiger partial charge in [-0.05, 0) is 36.8 Å². The molecule has 0 fully saturated rings. The highest BCUT2D eigenvalue weighted by Gasteiger charge is 2.18. The second-order valence-corrected chi connectivity index (χ2v) is 7.45. The smallest absolute Gasteiger partial charge is 0.332 e. The number of fused-ring (bicyclic) bond motifs is 2. The molecule has 10 heteroatoms. The number of benzene rings is 2. The summed E-state index contributed by atoms with van der Waals surface area (Å²) in [5, 5.41) is 9.72. The van der Waals surface area contributed by atoms with E-state index >= 15 is 0 Å². The van der Waals surface area contributed by atoms with Crippen molar-refractivity contribution in [3.63, 3.8) is 0 Å². The summed E-state index contributed by atoms with van der Waals surface area (Å²) in [5.41, 5.74) is 0.868. The maximum atomic E-state index is 13.3. The average molecular weight is 433 g/mol. The van der Waals surface area contributed by atoms with Crippen LogP contribution in [0.3, 0.4) is 0 Å². The molecule has 2 aromatic carbocycles. The van der Waals surface area contributed by atoms with Crippen LogP contribution in [-0.4, -0.2) is 32.0 Å². The van der Waals surface area contributed by atoms with Crippen LogP contribution in [0.2, 0.25) is 0 Å². The molecule has 3 heterocycles. The van der Waals surface area contributed by atoms with Gasteiger partial charge < -0.3 is 14.8 Å². The number of para-hydroxylation sites is 1. The minimum atomic E-state index is -0.584. The Morgan fingerprint density at radius 2 is 1.91 bits per heavy atom. The van der Waals surface area contributed by atoms with Gasteiger partial charge in [-0.15, -0.1) is 0 Å². The molecule has 1 aliphatic rings. The SMILES string of the molecule is Cc1cc(NC(=O)Cn2c(=O)n(Cc3ccc4c(c3)OCO4)c(=O)c3ccccc32)n[nH]1. The highest BCUT2D eigenvalue weighted by molar-refractivity contribution is 5.90. The van der Waals surface area contributed by atoms with Gasteiger partial charge >= 0.3 is 5.69 Å². The molecular formula is C22H19N5O5. The van der Waals surface area contributed by atoms with E-state index in [1.807, 2.05) is 6.92 Å². The van der Waals surface area contributed by atoms with E-state index in [0.29, 0.717) is 33.8 Å². The number of aryl methyl sites for hydroxylation is 1. The molecule has 2 aromatic heterocycles. The van der Waals surface area contributed by atoms with Gasteiger partial charge in [-0.1, -0.05) is 18.2 Å². The molecular weight excluding hydrogens is 414 g/mol. The Hall–Kier alpha value is -4.34. The molecule has 0 aliphatic carbocycles. The van der Waals surface area contributed by atoms with Crippen molar-refractivity contribution in [3.8, 4) is 11.5 Å². The number of carbonyl (C=O) groups excluding carboxylic acids is 1. The maximum absolute atomic E-state index is 13.3. The molecule has 162 valence electrons. The summed E-state index contributed by atoms with van der Waals surface area (Å²) >= 11 is 0. The summed E-state index contributed by atoms with van der Waals surface area (Å²) in [6.45, 7) is 1.70. The fourth-order valence-electron chi connectivity index (χ4n) is 3.69. The van der Waals surface area contributed by atoms with Crippen molar-refractivity contribution in [2.45, 2.75) is 20.0 Å². The van der Waals surface area contributed by atoms with Crippen LogP contribution >= 0.6 is 0 Å². The van der Waals surface area contributed by atoms with Crippen LogP contribution < -0.4 is 26.0 Å². The van der Waals surface area contributed by atoms with Crippen molar-refractivity contribution in [2.75, 3.05) is 12.1 Å². The predicted molar refractivity (Wildman–Crippen MR) is 116 cm³/mol. The van der Waals surface area contributed by atoms with Crippen molar-refractivity contribution in [3.05, 3.63) is 80.6 Å². The van der Waals surface area contributed by atoms with E-state index in [9.17, 15) is 14.4 Å². The fraction of sp³-hybridized carbons (Fsp3) is 0.182. The van der Waals surface area contributed by atoms with Crippen molar-refractivity contribution in [1.29, 1.82) is 0 Å². The highest BCUT2D eigenvalue weighted by atomic mass is 16.7. The lowest BCUT2D eigenvalue weighted by Gasteiger charge is -2.14. The third kappa shape index (κ3) is 3.51. The summed E-state index contributed by atoms with van der Waals surface area (Å²) in [4.78, 5) is 39.0. The number of carbonyl (C=O) groups is 1. The molecule has 5 rings (SSSR count). The predicted octanol–water partition coefficient (Wildman–Crippen LogP) is 1.61. The maximum Gasteiger partial charge on any atom is 0.332 e. The number of rotatable bonds is 5. The molecule has 0 atom stereocenters. The quantitative estimate of drug-likeness (QED) is 0.493. The van der Waals surface area contributed by atoms with Crippen LogP contribution in [0, 0.1) is 6.92 Å². The first-order valence-corrected chi connectivity index (χ1v) is 9.92. The lowest BCUT2D eigenvalue weighted by atomic mass is 10.2. The van der Waals surface area contributed by atoms with Crippen molar-refractivity contribution in [1.82, 2.24) is 19.3 Å². The number of H-pyrrole nitrogens is 1. The number of ether oxygens (including phenoxy) is 2. The second kappa shape index (κ2) is 7.73. The van der Waals surface area contributed by atoms with Crippen molar-refractivity contribution >= 4 is 22.6 Å². The van der Waals surface area contributed by atoms with Gasteiger partial charge in [0.25, 0.3) is 5.56 Å². The van der Waals surface area contributed by atoms with Gasteiger partial charge in [0.2, 0.25) is 12.7 Å². The van der Waals surface area contributed by atoms with Crippen LogP contribution in [0.15, 0.2) is 58.1 Å². The number of anilines is 1. The number of amides is 1. The molecule has 10 nitrogen and oxygen atoms in total. The van der Waals surface area contributed by atoms with Crippen molar-refractivity contribution in [2.24, 2.45) is 0 Å². The summed E-state index contributed by atoms with van der Waals surface area (Å²) in [5.74, 6) is 1.10. The summed E-state index contributed by atoms with van der Waals surface area (Å²) in [6, 6.07) is 13.6. The van der Waals surface area contributed by atoms with E-state index in [2.05, 4.69) is 15.5 Å². The van der Waals surface area contributed by atoms with Gasteiger partial charge in [0.15, 0.2) is 17.3 Å². The molecule has 0 saturated heterocycles. The van der Waals surface area contributed by atoms with Gasteiger partial charge in [0.05, 0.1) is 17.4 Å². The number of nitrogens with zero attached hydrogens (tertiary/aromatic N) is 3. The number of aromatic amines is 1. The van der Waals surface area contributed by atoms with Crippen LogP contribution in [0.5, 0.6) is 11.5 Å². The Morgan fingerprint density at radius 3 is 2.72 bits per heavy atom. The number of aromatic nitrogens is 4. The normalized spacial score (nSPS) is 12.3. The van der Waals surface area contributed by atoms with E-state index in [-0.39, 0.29) is 19.9 Å². The largest absolute Gasteiger partial charge is 0.454 e. The zero-order valence-electron chi connectivity index (χ0n) is 17.1. The number of nitrogens with one attached hydrogen (secondary N) is 2. The van der Waals surface area contributed by atoms with Gasteiger partial charge in [-0.25, -0.2) is 4.79 Å². The molecule has 1 aliphatic heterocycles. The molecule has 0 bridgehead atoms. The molecule has 0 saturated carbocycles. The van der Waals surface area contributed by atoms with Crippen molar-refractivity contribution < 1.29 is 14.3 Å². The van der Waals surface area contributed by atoms with Gasteiger partial charge in [0, 0.05) is 11.8 Å². The Kier molecular flexibility index (Phi) is 4.74. The monoisotopic (exact) mass is 433 g/mol. The molecule has 0 unspecified atom stereocenters. The zero-order valence-corrected chi connectivity index (χ0v) is 17.1. The second-order valence-electron chi connectivity index (χ2n) is 7.45. The van der Waals surface area contributed by atoms with E-state index in [1.54, 1.807) is 48.5 Å². The van der Waals surface area contributed by atoms with E-state index in [1.165, 1.54) is 4.57 Å². The standard InChI is InChI=1S/C22H19N5O5/c1-13-8-19(25-24-13)23-20(28)11-26-16-5-3-2-4-15(16)21(29)27(22(26)30)10-14-6-7-17-18(9-14)32-12-31-17/h2-9H,10-12H2,1H3,(H2,23,24,25,28). The molecule has 2 N–H and O–H groups in total. The molecule has 0 radical (unpaired) electrons. The minimum absolute atomic E-state index is 0.0271. The Morgan fingerprint density at radius 1 is 1.09 bits per heavy atom. The van der Waals surface area contributed by atoms with Gasteiger partial charge in [0.1, 0.15) is 6.54 Å². The first kappa shape index (κ1) is 19.6. The third-order valence-electron chi connectivity index (χ3n) is 5.19. The van der Waals surface area contributed by atoms with Crippen LogP contribution in [-0.2, 0) is 17.9 Å². The van der Waals surface area contributed by atoms with E-state index in [0.717, 1.165) is 10.3 Å². The van der Waals surface area contributed by atoms with E-state index in [4.69, 9.17) is 9.47 Å². The summed E-state index contributed by atoms with van der Waals surface area (Å²) in [6.07, 6.45) is 0. The topological polar surface area (TPSA) is 120 Å². The van der Waals surface area contributed by atoms with Crippen LogP contribution in [0.25, 0.3) is 10.9 Å². The van der Waals surface area contributed by atoms with Gasteiger partial charge in [-0.2, -0.15) is 5.10 Å². The summed E-state index contributed by atoms with van der Waals surface area (Å²) < 4.78 is 13.1. The van der Waals surface area contributed by atoms with Crippen LogP contribution in [0.4, 0.5) is 5.82 Å². The van der Waals surface area contributed by atoms with Crippen LogP contribution in [0.1, 0.15) is 11.3 Å². The molecule has 4 aromatic rings. The minimum Gasteiger partial charge on any atom is -0.454 e. The third-order valence-corrected chi connectivity index (χ3v) is 5.19. The number of hydrogen-bond acceptors (Lipinski definition) is 6.